The van der Waals surface area contributed by atoms with E-state index < -0.39 is 0 Å². The molecule has 1 unspecified atom stereocenters. The summed E-state index contributed by atoms with van der Waals surface area (Å²) in [5.74, 6) is 0.210. The minimum atomic E-state index is -0.279. The molecular formula is C13H18N2O. The van der Waals surface area contributed by atoms with Crippen LogP contribution < -0.4 is 0 Å². The maximum Gasteiger partial charge on any atom is 0.123 e. The number of hydrogen-bond acceptors (Lipinski definition) is 3. The monoisotopic (exact) mass is 218 g/mol. The van der Waals surface area contributed by atoms with Gasteiger partial charge in [-0.25, -0.2) is 0 Å². The van der Waals surface area contributed by atoms with Gasteiger partial charge in [-0.05, 0) is 37.7 Å². The standard InChI is InChI=1S/C13H18N2O/c1-3-4-8-15(2)13(10-14)11-6-5-7-12(16)9-11/h5-7,9,13,16H,3-4,8H2,1-2H3. The lowest BCUT2D eigenvalue weighted by Crippen LogP contribution is -2.24. The second kappa shape index (κ2) is 6.14. The molecule has 3 heteroatoms. The van der Waals surface area contributed by atoms with E-state index in [0.29, 0.717) is 0 Å². The fourth-order valence-electron chi connectivity index (χ4n) is 1.66. The second-order valence-electron chi connectivity index (χ2n) is 3.96. The molecule has 0 fully saturated rings. The highest BCUT2D eigenvalue weighted by atomic mass is 16.3. The van der Waals surface area contributed by atoms with Crippen molar-refractivity contribution in [3.63, 3.8) is 0 Å². The van der Waals surface area contributed by atoms with Crippen molar-refractivity contribution in [3.05, 3.63) is 29.8 Å². The molecule has 0 amide bonds. The fourth-order valence-corrected chi connectivity index (χ4v) is 1.66. The fraction of sp³-hybridized carbons (Fsp3) is 0.462. The van der Waals surface area contributed by atoms with Gasteiger partial charge < -0.3 is 5.11 Å². The Kier molecular flexibility index (Phi) is 4.81. The molecule has 0 saturated heterocycles. The number of unbranched alkanes of at least 4 members (excludes halogenated alkanes) is 1. The first-order valence-corrected chi connectivity index (χ1v) is 5.57. The minimum Gasteiger partial charge on any atom is -0.508 e. The van der Waals surface area contributed by atoms with Gasteiger partial charge in [-0.15, -0.1) is 0 Å². The summed E-state index contributed by atoms with van der Waals surface area (Å²) in [6.45, 7) is 3.02. The Morgan fingerprint density at radius 3 is 2.81 bits per heavy atom. The number of nitrogens with zero attached hydrogens (tertiary/aromatic N) is 2. The number of phenolic OH excluding ortho intramolecular Hbond substituents is 1. The Balaban J connectivity index is 2.78. The Bertz CT molecular complexity index is 370. The van der Waals surface area contributed by atoms with Gasteiger partial charge >= 0.3 is 0 Å². The Hall–Kier alpha value is -1.53. The zero-order chi connectivity index (χ0) is 12.0. The van der Waals surface area contributed by atoms with Crippen LogP contribution in [0.2, 0.25) is 0 Å². The topological polar surface area (TPSA) is 47.3 Å². The van der Waals surface area contributed by atoms with E-state index in [4.69, 9.17) is 5.26 Å². The van der Waals surface area contributed by atoms with Crippen LogP contribution in [-0.4, -0.2) is 23.6 Å². The highest BCUT2D eigenvalue weighted by molar-refractivity contribution is 5.32. The molecule has 0 saturated carbocycles. The molecule has 0 bridgehead atoms. The lowest BCUT2D eigenvalue weighted by Gasteiger charge is -2.22. The maximum atomic E-state index is 9.39. The van der Waals surface area contributed by atoms with E-state index in [2.05, 4.69) is 13.0 Å². The van der Waals surface area contributed by atoms with Crippen LogP contribution in [0.4, 0.5) is 0 Å². The summed E-state index contributed by atoms with van der Waals surface area (Å²) in [6.07, 6.45) is 2.19. The predicted octanol–water partition coefficient (Wildman–Crippen LogP) is 2.69. The van der Waals surface area contributed by atoms with E-state index in [1.807, 2.05) is 18.0 Å². The molecule has 0 spiro atoms. The molecule has 16 heavy (non-hydrogen) atoms. The van der Waals surface area contributed by atoms with Gasteiger partial charge in [0.2, 0.25) is 0 Å². The first kappa shape index (κ1) is 12.5. The lowest BCUT2D eigenvalue weighted by molar-refractivity contribution is 0.286. The van der Waals surface area contributed by atoms with Crippen LogP contribution in [0.3, 0.4) is 0 Å². The molecule has 0 aliphatic rings. The Morgan fingerprint density at radius 1 is 1.50 bits per heavy atom. The van der Waals surface area contributed by atoms with Gasteiger partial charge in [0.1, 0.15) is 11.8 Å². The second-order valence-corrected chi connectivity index (χ2v) is 3.96. The smallest absolute Gasteiger partial charge is 0.123 e. The predicted molar refractivity (Wildman–Crippen MR) is 64.0 cm³/mol. The summed E-state index contributed by atoms with van der Waals surface area (Å²) < 4.78 is 0. The van der Waals surface area contributed by atoms with E-state index in [0.717, 1.165) is 24.9 Å². The zero-order valence-electron chi connectivity index (χ0n) is 9.85. The molecular weight excluding hydrogens is 200 g/mol. The molecule has 0 aliphatic carbocycles. The highest BCUT2D eigenvalue weighted by Gasteiger charge is 2.15. The van der Waals surface area contributed by atoms with Crippen molar-refractivity contribution in [1.29, 1.82) is 5.26 Å². The third-order valence-corrected chi connectivity index (χ3v) is 2.61. The van der Waals surface area contributed by atoms with Gasteiger partial charge in [-0.3, -0.25) is 4.90 Å². The summed E-state index contributed by atoms with van der Waals surface area (Å²) in [4.78, 5) is 2.01. The van der Waals surface area contributed by atoms with E-state index in [9.17, 15) is 5.11 Å². The van der Waals surface area contributed by atoms with Crippen LogP contribution >= 0.6 is 0 Å². The van der Waals surface area contributed by atoms with E-state index in [1.165, 1.54) is 0 Å². The van der Waals surface area contributed by atoms with Crippen molar-refractivity contribution in [1.82, 2.24) is 4.90 Å². The van der Waals surface area contributed by atoms with Crippen LogP contribution in [0, 0.1) is 11.3 Å². The molecule has 1 N–H and O–H groups in total. The average molecular weight is 218 g/mol. The number of benzene rings is 1. The largest absolute Gasteiger partial charge is 0.508 e. The number of nitriles is 1. The van der Waals surface area contributed by atoms with Crippen LogP contribution in [0.15, 0.2) is 24.3 Å². The summed E-state index contributed by atoms with van der Waals surface area (Å²) in [6, 6.07) is 8.89. The quantitative estimate of drug-likeness (QED) is 0.826. The van der Waals surface area contributed by atoms with Crippen molar-refractivity contribution in [3.8, 4) is 11.8 Å². The molecule has 86 valence electrons. The summed E-state index contributed by atoms with van der Waals surface area (Å²) in [5, 5.41) is 18.6. The average Bonchev–Trinajstić information content (AvgIpc) is 2.27. The van der Waals surface area contributed by atoms with Crippen LogP contribution in [0.25, 0.3) is 0 Å². The summed E-state index contributed by atoms with van der Waals surface area (Å²) in [7, 11) is 1.94. The van der Waals surface area contributed by atoms with E-state index >= 15 is 0 Å². The van der Waals surface area contributed by atoms with Gasteiger partial charge in [0.25, 0.3) is 0 Å². The molecule has 3 nitrogen and oxygen atoms in total. The Morgan fingerprint density at radius 2 is 2.25 bits per heavy atom. The molecule has 1 atom stereocenters. The molecule has 0 heterocycles. The molecule has 1 rings (SSSR count). The molecule has 0 radical (unpaired) electrons. The minimum absolute atomic E-state index is 0.210. The van der Waals surface area contributed by atoms with Gasteiger partial charge in [-0.2, -0.15) is 5.26 Å². The van der Waals surface area contributed by atoms with Crippen LogP contribution in [0.5, 0.6) is 5.75 Å². The number of rotatable bonds is 5. The van der Waals surface area contributed by atoms with Crippen molar-refractivity contribution >= 4 is 0 Å². The van der Waals surface area contributed by atoms with Gasteiger partial charge in [0, 0.05) is 0 Å². The third-order valence-electron chi connectivity index (χ3n) is 2.61. The molecule has 1 aromatic rings. The van der Waals surface area contributed by atoms with Crippen molar-refractivity contribution in [2.45, 2.75) is 25.8 Å². The first-order valence-electron chi connectivity index (χ1n) is 5.57. The van der Waals surface area contributed by atoms with Gasteiger partial charge in [0.05, 0.1) is 6.07 Å². The zero-order valence-corrected chi connectivity index (χ0v) is 9.85. The van der Waals surface area contributed by atoms with Crippen molar-refractivity contribution in [2.24, 2.45) is 0 Å². The van der Waals surface area contributed by atoms with Crippen LogP contribution in [-0.2, 0) is 0 Å². The first-order chi connectivity index (χ1) is 7.69. The number of aromatic hydroxyl groups is 1. The SMILES string of the molecule is CCCCN(C)C(C#N)c1cccc(O)c1. The van der Waals surface area contributed by atoms with Gasteiger partial charge in [0.15, 0.2) is 0 Å². The van der Waals surface area contributed by atoms with Crippen molar-refractivity contribution < 1.29 is 5.11 Å². The molecule has 0 aromatic heterocycles. The van der Waals surface area contributed by atoms with Crippen LogP contribution in [0.1, 0.15) is 31.4 Å². The third kappa shape index (κ3) is 3.25. The van der Waals surface area contributed by atoms with E-state index in [1.54, 1.807) is 18.2 Å². The molecule has 0 aliphatic heterocycles. The highest BCUT2D eigenvalue weighted by Crippen LogP contribution is 2.22. The van der Waals surface area contributed by atoms with E-state index in [-0.39, 0.29) is 11.8 Å². The number of hydrogen-bond donors (Lipinski definition) is 1. The Labute approximate surface area is 96.9 Å². The number of phenols is 1. The summed E-state index contributed by atoms with van der Waals surface area (Å²) >= 11 is 0. The lowest BCUT2D eigenvalue weighted by atomic mass is 10.1. The maximum absolute atomic E-state index is 9.39. The van der Waals surface area contributed by atoms with Gasteiger partial charge in [-0.1, -0.05) is 25.5 Å². The molecule has 1 aromatic carbocycles. The normalized spacial score (nSPS) is 12.4. The van der Waals surface area contributed by atoms with Crippen molar-refractivity contribution in [2.75, 3.05) is 13.6 Å². The summed E-state index contributed by atoms with van der Waals surface area (Å²) in [5.41, 5.74) is 0.848.